The van der Waals surface area contributed by atoms with Gasteiger partial charge >= 0.3 is 5.97 Å². The van der Waals surface area contributed by atoms with Gasteiger partial charge in [-0.3, -0.25) is 4.79 Å². The molecule has 0 aliphatic carbocycles. The van der Waals surface area contributed by atoms with Gasteiger partial charge < -0.3 is 9.67 Å². The lowest BCUT2D eigenvalue weighted by Crippen LogP contribution is -2.29. The highest BCUT2D eigenvalue weighted by molar-refractivity contribution is 7.11. The molecule has 4 nitrogen and oxygen atoms in total. The van der Waals surface area contributed by atoms with Crippen molar-refractivity contribution >= 4 is 17.3 Å². The largest absolute Gasteiger partial charge is 0.477 e. The summed E-state index contributed by atoms with van der Waals surface area (Å²) in [6.07, 6.45) is 0.965. The summed E-state index contributed by atoms with van der Waals surface area (Å²) >= 11 is 1.66. The lowest BCUT2D eigenvalue weighted by atomic mass is 10.1. The fraction of sp³-hybridized carbons (Fsp3) is 0.333. The van der Waals surface area contributed by atoms with Crippen molar-refractivity contribution in [3.05, 3.63) is 55.1 Å². The van der Waals surface area contributed by atoms with Crippen LogP contribution in [0.3, 0.4) is 0 Å². The summed E-state index contributed by atoms with van der Waals surface area (Å²) in [5.41, 5.74) is 0.727. The van der Waals surface area contributed by atoms with Crippen LogP contribution in [0.1, 0.15) is 38.3 Å². The smallest absolute Gasteiger partial charge is 0.341 e. The Morgan fingerprint density at radius 3 is 2.50 bits per heavy atom. The molecule has 2 rings (SSSR count). The average Bonchev–Trinajstić information content (AvgIpc) is 2.81. The van der Waals surface area contributed by atoms with E-state index in [9.17, 15) is 9.59 Å². The first-order chi connectivity index (χ1) is 9.43. The van der Waals surface area contributed by atoms with Crippen molar-refractivity contribution in [1.82, 2.24) is 4.57 Å². The molecule has 0 bridgehead atoms. The van der Waals surface area contributed by atoms with Crippen LogP contribution in [0.4, 0.5) is 0 Å². The van der Waals surface area contributed by atoms with E-state index in [4.69, 9.17) is 5.11 Å². The van der Waals surface area contributed by atoms with E-state index < -0.39 is 11.5 Å². The maximum Gasteiger partial charge on any atom is 0.341 e. The van der Waals surface area contributed by atoms with Crippen molar-refractivity contribution < 1.29 is 9.90 Å². The van der Waals surface area contributed by atoms with Crippen LogP contribution in [0.2, 0.25) is 0 Å². The molecule has 0 aromatic carbocycles. The lowest BCUT2D eigenvalue weighted by Gasteiger charge is -2.11. The van der Waals surface area contributed by atoms with E-state index in [1.807, 2.05) is 19.1 Å². The van der Waals surface area contributed by atoms with Crippen LogP contribution in [0.25, 0.3) is 0 Å². The Balaban J connectivity index is 2.49. The summed E-state index contributed by atoms with van der Waals surface area (Å²) in [6, 6.07) is 5.79. The quantitative estimate of drug-likeness (QED) is 0.942. The molecule has 2 aromatic heterocycles. The number of hydrogen-bond acceptors (Lipinski definition) is 3. The van der Waals surface area contributed by atoms with Crippen molar-refractivity contribution in [2.75, 3.05) is 0 Å². The number of carboxylic acids is 1. The van der Waals surface area contributed by atoms with E-state index in [1.54, 1.807) is 24.3 Å². The summed E-state index contributed by atoms with van der Waals surface area (Å²) in [5.74, 6) is -1.17. The van der Waals surface area contributed by atoms with E-state index in [1.165, 1.54) is 9.44 Å². The maximum atomic E-state index is 12.3. The second-order valence-electron chi connectivity index (χ2n) is 4.76. The van der Waals surface area contributed by atoms with Crippen LogP contribution in [-0.4, -0.2) is 15.6 Å². The van der Waals surface area contributed by atoms with Gasteiger partial charge in [0.15, 0.2) is 0 Å². The van der Waals surface area contributed by atoms with Crippen molar-refractivity contribution in [1.29, 1.82) is 0 Å². The highest BCUT2D eigenvalue weighted by Gasteiger charge is 2.16. The second kappa shape index (κ2) is 5.63. The number of hydrogen-bond donors (Lipinski definition) is 1. The summed E-state index contributed by atoms with van der Waals surface area (Å²) in [5, 5.41) is 9.16. The number of rotatable bonds is 4. The van der Waals surface area contributed by atoms with Crippen LogP contribution in [0.5, 0.6) is 0 Å². The van der Waals surface area contributed by atoms with Crippen LogP contribution < -0.4 is 5.56 Å². The zero-order valence-corrected chi connectivity index (χ0v) is 12.6. The molecule has 5 heteroatoms. The van der Waals surface area contributed by atoms with Gasteiger partial charge in [-0.15, -0.1) is 11.3 Å². The van der Waals surface area contributed by atoms with Gasteiger partial charge in [-0.1, -0.05) is 6.92 Å². The monoisotopic (exact) mass is 291 g/mol. The fourth-order valence-corrected chi connectivity index (χ4v) is 3.18. The standard InChI is InChI=1S/C15H17NO3S/c1-4-11-5-6-12(20-11)8-16-10(3)7-9(2)13(14(16)17)15(18)19/h5-7H,4,8H2,1-3H3,(H,18,19). The SMILES string of the molecule is CCc1ccc(Cn2c(C)cc(C)c(C(=O)O)c2=O)s1. The number of nitrogens with zero attached hydrogens (tertiary/aromatic N) is 1. The number of aryl methyl sites for hydroxylation is 3. The molecule has 1 N–H and O–H groups in total. The molecule has 0 saturated carbocycles. The summed E-state index contributed by atoms with van der Waals surface area (Å²) in [4.78, 5) is 25.8. The van der Waals surface area contributed by atoms with Gasteiger partial charge in [-0.25, -0.2) is 4.79 Å². The van der Waals surface area contributed by atoms with E-state index in [2.05, 4.69) is 6.92 Å². The molecule has 0 aliphatic rings. The highest BCUT2D eigenvalue weighted by atomic mass is 32.1. The molecular formula is C15H17NO3S. The molecule has 0 radical (unpaired) electrons. The topological polar surface area (TPSA) is 59.3 Å². The number of aromatic carboxylic acids is 1. The minimum Gasteiger partial charge on any atom is -0.477 e. The molecule has 0 unspecified atom stereocenters. The predicted octanol–water partition coefficient (Wildman–Crippen LogP) is 2.84. The first-order valence-corrected chi connectivity index (χ1v) is 7.27. The Morgan fingerprint density at radius 1 is 1.30 bits per heavy atom. The van der Waals surface area contributed by atoms with E-state index in [0.29, 0.717) is 12.1 Å². The average molecular weight is 291 g/mol. The number of aromatic nitrogens is 1. The summed E-state index contributed by atoms with van der Waals surface area (Å²) < 4.78 is 1.53. The first-order valence-electron chi connectivity index (χ1n) is 6.46. The van der Waals surface area contributed by atoms with Crippen LogP contribution in [-0.2, 0) is 13.0 Å². The Hall–Kier alpha value is -1.88. The summed E-state index contributed by atoms with van der Waals surface area (Å²) in [7, 11) is 0. The molecule has 0 fully saturated rings. The number of pyridine rings is 1. The minimum atomic E-state index is -1.17. The van der Waals surface area contributed by atoms with Crippen molar-refractivity contribution in [3.63, 3.8) is 0 Å². The third-order valence-electron chi connectivity index (χ3n) is 3.30. The Bertz CT molecular complexity index is 712. The zero-order chi connectivity index (χ0) is 14.9. The molecule has 2 heterocycles. The Morgan fingerprint density at radius 2 is 1.95 bits per heavy atom. The second-order valence-corrected chi connectivity index (χ2v) is 6.01. The Labute approximate surface area is 121 Å². The van der Waals surface area contributed by atoms with Crippen LogP contribution in [0.15, 0.2) is 23.0 Å². The summed E-state index contributed by atoms with van der Waals surface area (Å²) in [6.45, 7) is 5.99. The maximum absolute atomic E-state index is 12.3. The molecule has 20 heavy (non-hydrogen) atoms. The van der Waals surface area contributed by atoms with Gasteiger partial charge in [0.2, 0.25) is 0 Å². The fourth-order valence-electron chi connectivity index (χ4n) is 2.24. The van der Waals surface area contributed by atoms with Gasteiger partial charge in [0.1, 0.15) is 5.56 Å². The van der Waals surface area contributed by atoms with Gasteiger partial charge in [-0.05, 0) is 44.0 Å². The molecule has 0 saturated heterocycles. The number of carboxylic acid groups (broad SMARTS) is 1. The van der Waals surface area contributed by atoms with Gasteiger partial charge in [-0.2, -0.15) is 0 Å². The predicted molar refractivity (Wildman–Crippen MR) is 79.9 cm³/mol. The van der Waals surface area contributed by atoms with Gasteiger partial charge in [0.05, 0.1) is 6.54 Å². The van der Waals surface area contributed by atoms with E-state index in [-0.39, 0.29) is 5.56 Å². The Kier molecular flexibility index (Phi) is 4.09. The van der Waals surface area contributed by atoms with Gasteiger partial charge in [0, 0.05) is 15.4 Å². The van der Waals surface area contributed by atoms with Crippen LogP contribution in [0, 0.1) is 13.8 Å². The lowest BCUT2D eigenvalue weighted by molar-refractivity contribution is 0.0693. The normalized spacial score (nSPS) is 10.8. The third-order valence-corrected chi connectivity index (χ3v) is 4.51. The third kappa shape index (κ3) is 2.67. The minimum absolute atomic E-state index is 0.136. The highest BCUT2D eigenvalue weighted by Crippen LogP contribution is 2.18. The molecular weight excluding hydrogens is 274 g/mol. The van der Waals surface area contributed by atoms with Crippen molar-refractivity contribution in [2.45, 2.75) is 33.7 Å². The number of carbonyl (C=O) groups is 1. The molecule has 106 valence electrons. The molecule has 2 aromatic rings. The molecule has 0 aliphatic heterocycles. The molecule has 0 amide bonds. The van der Waals surface area contributed by atoms with E-state index >= 15 is 0 Å². The van der Waals surface area contributed by atoms with E-state index in [0.717, 1.165) is 17.0 Å². The van der Waals surface area contributed by atoms with Crippen molar-refractivity contribution in [3.8, 4) is 0 Å². The number of thiophene rings is 1. The van der Waals surface area contributed by atoms with Crippen molar-refractivity contribution in [2.24, 2.45) is 0 Å². The zero-order valence-electron chi connectivity index (χ0n) is 11.8. The van der Waals surface area contributed by atoms with Gasteiger partial charge in [0.25, 0.3) is 5.56 Å². The molecule has 0 spiro atoms. The molecule has 0 atom stereocenters. The van der Waals surface area contributed by atoms with Crippen LogP contribution >= 0.6 is 11.3 Å². The first kappa shape index (κ1) is 14.5.